The Labute approximate surface area is 75.2 Å². The molecule has 2 heteroatoms. The molecule has 0 unspecified atom stereocenters. The van der Waals surface area contributed by atoms with E-state index in [0.29, 0.717) is 5.90 Å². The summed E-state index contributed by atoms with van der Waals surface area (Å²) in [6.07, 6.45) is 0. The van der Waals surface area contributed by atoms with Gasteiger partial charge in [-0.1, -0.05) is 5.92 Å². The van der Waals surface area contributed by atoms with E-state index in [2.05, 4.69) is 32.6 Å². The van der Waals surface area contributed by atoms with Gasteiger partial charge in [-0.2, -0.15) is 4.58 Å². The van der Waals surface area contributed by atoms with Crippen molar-refractivity contribution in [3.8, 4) is 11.8 Å². The molecule has 0 bridgehead atoms. The normalized spacial score (nSPS) is 9.83. The van der Waals surface area contributed by atoms with Crippen LogP contribution in [0.1, 0.15) is 20.8 Å². The Balaban J connectivity index is 4.60. The quantitative estimate of drug-likeness (QED) is 0.230. The molecule has 0 spiro atoms. The van der Waals surface area contributed by atoms with Crippen LogP contribution < -0.4 is 0 Å². The minimum absolute atomic E-state index is 0.0276. The van der Waals surface area contributed by atoms with Crippen molar-refractivity contribution in [3.63, 3.8) is 0 Å². The number of rotatable bonds is 0. The topological polar surface area (TPSA) is 12.2 Å². The van der Waals surface area contributed by atoms with Gasteiger partial charge < -0.3 is 4.74 Å². The van der Waals surface area contributed by atoms with Gasteiger partial charge in [-0.05, 0) is 20.8 Å². The lowest BCUT2D eigenvalue weighted by Crippen LogP contribution is -2.14. The molecule has 0 aliphatic heterocycles. The van der Waals surface area contributed by atoms with Gasteiger partial charge in [0.2, 0.25) is 0 Å². The fourth-order valence-electron chi connectivity index (χ4n) is 0.586. The third-order valence-electron chi connectivity index (χ3n) is 1.14. The Morgan fingerprint density at radius 3 is 2.00 bits per heavy atom. The van der Waals surface area contributed by atoms with Gasteiger partial charge in [-0.25, -0.2) is 0 Å². The lowest BCUT2D eigenvalue weighted by atomic mass is 9.98. The molecule has 0 heterocycles. The molecule has 0 aromatic rings. The molecular weight excluding hydrogens is 150 g/mol. The Kier molecular flexibility index (Phi) is 3.82. The first kappa shape index (κ1) is 11.0. The first-order valence-electron chi connectivity index (χ1n) is 3.98. The van der Waals surface area contributed by atoms with Gasteiger partial charge in [0.05, 0.1) is 7.11 Å². The van der Waals surface area contributed by atoms with Crippen molar-refractivity contribution < 1.29 is 9.31 Å². The smallest absolute Gasteiger partial charge is 0.417 e. The van der Waals surface area contributed by atoms with E-state index in [1.165, 1.54) is 0 Å². The van der Waals surface area contributed by atoms with Crippen molar-refractivity contribution in [2.45, 2.75) is 20.8 Å². The third kappa shape index (κ3) is 4.79. The van der Waals surface area contributed by atoms with Crippen LogP contribution in [0.4, 0.5) is 0 Å². The van der Waals surface area contributed by atoms with Crippen LogP contribution in [-0.4, -0.2) is 31.7 Å². The molecule has 0 saturated carbocycles. The van der Waals surface area contributed by atoms with E-state index in [1.54, 1.807) is 7.11 Å². The molecule has 0 aromatic heterocycles. The molecule has 0 aliphatic rings. The van der Waals surface area contributed by atoms with Gasteiger partial charge >= 0.3 is 5.90 Å². The van der Waals surface area contributed by atoms with Gasteiger partial charge in [-0.15, -0.1) is 0 Å². The second kappa shape index (κ2) is 4.15. The van der Waals surface area contributed by atoms with Gasteiger partial charge in [0, 0.05) is 11.3 Å². The Hall–Kier alpha value is -0.970. The zero-order valence-corrected chi connectivity index (χ0v) is 8.86. The Bertz CT molecular complexity index is 231. The fraction of sp³-hybridized carbons (Fsp3) is 0.700. The van der Waals surface area contributed by atoms with Gasteiger partial charge in [0.25, 0.3) is 0 Å². The maximum absolute atomic E-state index is 5.08. The van der Waals surface area contributed by atoms with E-state index in [1.807, 2.05) is 18.7 Å². The molecule has 0 amide bonds. The Morgan fingerprint density at radius 1 is 1.25 bits per heavy atom. The Morgan fingerprint density at radius 2 is 1.75 bits per heavy atom. The number of nitrogens with zero attached hydrogens (tertiary/aromatic N) is 1. The number of ether oxygens (including phenoxy) is 1. The minimum Gasteiger partial charge on any atom is -0.441 e. The molecule has 0 N–H and O–H groups in total. The number of methoxy groups -OCH3 is 1. The fourth-order valence-corrected chi connectivity index (χ4v) is 0.586. The molecule has 0 fully saturated rings. The number of hydrogen-bond acceptors (Lipinski definition) is 1. The van der Waals surface area contributed by atoms with Crippen molar-refractivity contribution in [2.24, 2.45) is 5.41 Å². The van der Waals surface area contributed by atoms with E-state index >= 15 is 0 Å². The van der Waals surface area contributed by atoms with Crippen molar-refractivity contribution in [2.75, 3.05) is 21.2 Å². The lowest BCUT2D eigenvalue weighted by Gasteiger charge is -2.06. The summed E-state index contributed by atoms with van der Waals surface area (Å²) in [7, 11) is 5.46. The molecule has 68 valence electrons. The summed E-state index contributed by atoms with van der Waals surface area (Å²) >= 11 is 0. The lowest BCUT2D eigenvalue weighted by molar-refractivity contribution is -0.472. The zero-order valence-electron chi connectivity index (χ0n) is 8.86. The molecule has 0 aliphatic carbocycles. The highest BCUT2D eigenvalue weighted by molar-refractivity contribution is 5.89. The van der Waals surface area contributed by atoms with Crippen LogP contribution in [0, 0.1) is 17.3 Å². The predicted octanol–water partition coefficient (Wildman–Crippen LogP) is 1.35. The van der Waals surface area contributed by atoms with E-state index in [9.17, 15) is 0 Å². The monoisotopic (exact) mass is 168 g/mol. The van der Waals surface area contributed by atoms with E-state index in [0.717, 1.165) is 0 Å². The van der Waals surface area contributed by atoms with E-state index in [4.69, 9.17) is 4.74 Å². The highest BCUT2D eigenvalue weighted by Crippen LogP contribution is 2.09. The maximum atomic E-state index is 5.08. The summed E-state index contributed by atoms with van der Waals surface area (Å²) in [5.41, 5.74) is 0.0276. The summed E-state index contributed by atoms with van der Waals surface area (Å²) in [6, 6.07) is 0. The van der Waals surface area contributed by atoms with Crippen molar-refractivity contribution in [3.05, 3.63) is 0 Å². The van der Waals surface area contributed by atoms with Crippen LogP contribution in [0.15, 0.2) is 0 Å². The highest BCUT2D eigenvalue weighted by Gasteiger charge is 2.07. The van der Waals surface area contributed by atoms with Crippen molar-refractivity contribution in [1.82, 2.24) is 0 Å². The molecule has 0 radical (unpaired) electrons. The van der Waals surface area contributed by atoms with Crippen LogP contribution in [0.3, 0.4) is 0 Å². The summed E-state index contributed by atoms with van der Waals surface area (Å²) < 4.78 is 6.94. The second-order valence-electron chi connectivity index (χ2n) is 3.90. The van der Waals surface area contributed by atoms with Gasteiger partial charge in [0.1, 0.15) is 14.1 Å². The molecule has 0 aromatic carbocycles. The van der Waals surface area contributed by atoms with Gasteiger partial charge in [0.15, 0.2) is 0 Å². The summed E-state index contributed by atoms with van der Waals surface area (Å²) in [6.45, 7) is 6.22. The van der Waals surface area contributed by atoms with Crippen molar-refractivity contribution >= 4 is 5.90 Å². The molecule has 12 heavy (non-hydrogen) atoms. The molecule has 0 saturated heterocycles. The predicted molar refractivity (Wildman–Crippen MR) is 51.4 cm³/mol. The van der Waals surface area contributed by atoms with Crippen LogP contribution in [-0.2, 0) is 4.74 Å². The summed E-state index contributed by atoms with van der Waals surface area (Å²) in [5, 5.41) is 0. The first-order valence-corrected chi connectivity index (χ1v) is 3.98. The third-order valence-corrected chi connectivity index (χ3v) is 1.14. The summed E-state index contributed by atoms with van der Waals surface area (Å²) in [5.74, 6) is 6.78. The molecule has 2 nitrogen and oxygen atoms in total. The highest BCUT2D eigenvalue weighted by atomic mass is 16.5. The molecule has 0 rings (SSSR count). The average Bonchev–Trinajstić information content (AvgIpc) is 1.85. The van der Waals surface area contributed by atoms with Crippen LogP contribution in [0.2, 0.25) is 0 Å². The standard InChI is InChI=1S/C10H18NO/c1-10(2,3)8-7-9(12-6)11(4)5/h1-6H3/q+1. The minimum atomic E-state index is 0.0276. The molecule has 0 atom stereocenters. The van der Waals surface area contributed by atoms with Crippen molar-refractivity contribution in [1.29, 1.82) is 0 Å². The van der Waals surface area contributed by atoms with Crippen LogP contribution in [0.5, 0.6) is 0 Å². The maximum Gasteiger partial charge on any atom is 0.417 e. The largest absolute Gasteiger partial charge is 0.441 e. The second-order valence-corrected chi connectivity index (χ2v) is 3.90. The van der Waals surface area contributed by atoms with Gasteiger partial charge in [-0.3, -0.25) is 0 Å². The summed E-state index contributed by atoms with van der Waals surface area (Å²) in [4.78, 5) is 0. The zero-order chi connectivity index (χ0) is 9.78. The first-order chi connectivity index (χ1) is 5.37. The molecular formula is C10H18NO+. The van der Waals surface area contributed by atoms with Crippen LogP contribution in [0.25, 0.3) is 0 Å². The average molecular weight is 168 g/mol. The van der Waals surface area contributed by atoms with Crippen LogP contribution >= 0.6 is 0 Å². The van der Waals surface area contributed by atoms with E-state index in [-0.39, 0.29) is 5.41 Å². The number of hydrogen-bond donors (Lipinski definition) is 0. The van der Waals surface area contributed by atoms with E-state index < -0.39 is 0 Å². The SMILES string of the molecule is COC(C#CC(C)(C)C)=[N+](C)C.